The summed E-state index contributed by atoms with van der Waals surface area (Å²) in [5.74, 6) is -0.662. The second kappa shape index (κ2) is 9.40. The van der Waals surface area contributed by atoms with Crippen molar-refractivity contribution < 1.29 is 22.8 Å². The number of nitrogens with one attached hydrogen (secondary N) is 2. The highest BCUT2D eigenvalue weighted by atomic mass is 35.5. The summed E-state index contributed by atoms with van der Waals surface area (Å²) in [5, 5.41) is 5.35. The Kier molecular flexibility index (Phi) is 6.87. The number of hydrogen-bond donors (Lipinski definition) is 2. The first-order valence-electron chi connectivity index (χ1n) is 8.82. The molecule has 31 heavy (non-hydrogen) atoms. The first-order chi connectivity index (χ1) is 14.6. The monoisotopic (exact) mass is 465 g/mol. The first-order valence-corrected chi connectivity index (χ1v) is 10.0. The van der Waals surface area contributed by atoms with Crippen molar-refractivity contribution in [3.63, 3.8) is 0 Å². The molecule has 0 radical (unpaired) electrons. The smallest absolute Gasteiger partial charge is 0.306 e. The molecule has 0 atom stereocenters. The minimum absolute atomic E-state index is 0.154. The van der Waals surface area contributed by atoms with Gasteiger partial charge in [-0.3, -0.25) is 10.1 Å². The van der Waals surface area contributed by atoms with E-state index in [1.54, 1.807) is 31.2 Å². The lowest BCUT2D eigenvalue weighted by Gasteiger charge is -2.11. The zero-order valence-corrected chi connectivity index (χ0v) is 17.5. The molecule has 3 rings (SSSR count). The van der Waals surface area contributed by atoms with E-state index in [9.17, 15) is 22.8 Å². The predicted octanol–water partition coefficient (Wildman–Crippen LogP) is 6.18. The van der Waals surface area contributed by atoms with Crippen LogP contribution in [0.25, 0.3) is 0 Å². The number of hydrogen-bond acceptors (Lipinski definition) is 4. The van der Waals surface area contributed by atoms with E-state index in [1.807, 2.05) is 0 Å². The lowest BCUT2D eigenvalue weighted by Crippen LogP contribution is -2.34. The predicted molar refractivity (Wildman–Crippen MR) is 112 cm³/mol. The number of pyridine rings is 1. The van der Waals surface area contributed by atoms with E-state index in [-0.39, 0.29) is 10.6 Å². The normalized spacial score (nSPS) is 11.1. The summed E-state index contributed by atoms with van der Waals surface area (Å²) in [4.78, 5) is 28.8. The van der Waals surface area contributed by atoms with E-state index < -0.39 is 23.7 Å². The second-order valence-electron chi connectivity index (χ2n) is 6.36. The Labute approximate surface area is 185 Å². The van der Waals surface area contributed by atoms with Gasteiger partial charge in [0.1, 0.15) is 5.03 Å². The van der Waals surface area contributed by atoms with Crippen LogP contribution in [0, 0.1) is 6.92 Å². The molecule has 0 fully saturated rings. The summed E-state index contributed by atoms with van der Waals surface area (Å²) < 4.78 is 38.6. The maximum atomic E-state index is 12.9. The number of amides is 3. The number of aromatic nitrogens is 1. The van der Waals surface area contributed by atoms with Crippen molar-refractivity contribution >= 4 is 41.0 Å². The number of imide groups is 1. The fourth-order valence-corrected chi connectivity index (χ4v) is 3.67. The molecule has 0 saturated heterocycles. The van der Waals surface area contributed by atoms with E-state index in [0.717, 1.165) is 23.9 Å². The molecule has 10 heteroatoms. The summed E-state index contributed by atoms with van der Waals surface area (Å²) in [6.45, 7) is 1.71. The van der Waals surface area contributed by atoms with E-state index in [4.69, 9.17) is 11.6 Å². The Morgan fingerprint density at radius 2 is 1.81 bits per heavy atom. The molecule has 0 aliphatic heterocycles. The molecule has 160 valence electrons. The SMILES string of the molecule is Cc1cc(NC(=O)NC(=O)c2ccccc2Cl)cnc1Sc1cccc(C(F)(F)F)c1. The van der Waals surface area contributed by atoms with Crippen LogP contribution in [0.1, 0.15) is 21.5 Å². The van der Waals surface area contributed by atoms with E-state index in [0.29, 0.717) is 21.2 Å². The number of alkyl halides is 3. The molecule has 3 aromatic rings. The molecular weight excluding hydrogens is 451 g/mol. The maximum Gasteiger partial charge on any atom is 0.416 e. The molecule has 3 amide bonds. The van der Waals surface area contributed by atoms with Gasteiger partial charge < -0.3 is 5.32 Å². The molecule has 5 nitrogen and oxygen atoms in total. The Hall–Kier alpha value is -3.04. The van der Waals surface area contributed by atoms with Crippen LogP contribution in [-0.2, 0) is 6.18 Å². The highest BCUT2D eigenvalue weighted by Gasteiger charge is 2.30. The summed E-state index contributed by atoms with van der Waals surface area (Å²) >= 11 is 7.01. The van der Waals surface area contributed by atoms with Crippen LogP contribution >= 0.6 is 23.4 Å². The third-order valence-corrected chi connectivity index (χ3v) is 5.45. The average molecular weight is 466 g/mol. The molecule has 0 bridgehead atoms. The Balaban J connectivity index is 1.66. The average Bonchev–Trinajstić information content (AvgIpc) is 2.70. The molecule has 0 aliphatic carbocycles. The van der Waals surface area contributed by atoms with Crippen LogP contribution in [0.3, 0.4) is 0 Å². The topological polar surface area (TPSA) is 71.1 Å². The number of carbonyl (C=O) groups excluding carboxylic acids is 2. The lowest BCUT2D eigenvalue weighted by atomic mass is 10.2. The molecule has 1 heterocycles. The number of urea groups is 1. The van der Waals surface area contributed by atoms with Crippen molar-refractivity contribution in [2.24, 2.45) is 0 Å². The van der Waals surface area contributed by atoms with Crippen LogP contribution in [-0.4, -0.2) is 16.9 Å². The number of anilines is 1. The van der Waals surface area contributed by atoms with Gasteiger partial charge in [-0.05, 0) is 48.9 Å². The summed E-state index contributed by atoms with van der Waals surface area (Å²) in [6.07, 6.45) is -3.08. The third-order valence-electron chi connectivity index (χ3n) is 4.01. The van der Waals surface area contributed by atoms with Gasteiger partial charge in [-0.1, -0.05) is 41.6 Å². The highest BCUT2D eigenvalue weighted by Crippen LogP contribution is 2.35. The van der Waals surface area contributed by atoms with Crippen LogP contribution in [0.4, 0.5) is 23.7 Å². The molecule has 1 aromatic heterocycles. The number of halogens is 4. The molecular formula is C21H15ClF3N3O2S. The van der Waals surface area contributed by atoms with Crippen molar-refractivity contribution in [1.29, 1.82) is 0 Å². The van der Waals surface area contributed by atoms with E-state index in [2.05, 4.69) is 15.6 Å². The van der Waals surface area contributed by atoms with Gasteiger partial charge in [0.05, 0.1) is 28.0 Å². The van der Waals surface area contributed by atoms with Gasteiger partial charge in [-0.25, -0.2) is 9.78 Å². The van der Waals surface area contributed by atoms with Gasteiger partial charge in [0, 0.05) is 4.90 Å². The van der Waals surface area contributed by atoms with Crippen molar-refractivity contribution in [2.45, 2.75) is 23.0 Å². The van der Waals surface area contributed by atoms with Gasteiger partial charge >= 0.3 is 12.2 Å². The molecule has 0 spiro atoms. The van der Waals surface area contributed by atoms with Gasteiger partial charge in [0.15, 0.2) is 0 Å². The van der Waals surface area contributed by atoms with E-state index in [1.165, 1.54) is 24.4 Å². The Bertz CT molecular complexity index is 1140. The highest BCUT2D eigenvalue weighted by molar-refractivity contribution is 7.99. The summed E-state index contributed by atoms with van der Waals surface area (Å²) in [6, 6.07) is 12.0. The largest absolute Gasteiger partial charge is 0.416 e. The molecule has 0 aliphatic rings. The zero-order chi connectivity index (χ0) is 22.6. The number of rotatable bonds is 4. The number of carbonyl (C=O) groups is 2. The van der Waals surface area contributed by atoms with Crippen molar-refractivity contribution in [1.82, 2.24) is 10.3 Å². The number of benzene rings is 2. The van der Waals surface area contributed by atoms with Crippen LogP contribution in [0.15, 0.2) is 70.7 Å². The molecule has 0 saturated carbocycles. The van der Waals surface area contributed by atoms with Crippen molar-refractivity contribution in [3.05, 3.63) is 82.5 Å². The molecule has 0 unspecified atom stereocenters. The Morgan fingerprint density at radius 3 is 2.48 bits per heavy atom. The van der Waals surface area contributed by atoms with Crippen LogP contribution in [0.2, 0.25) is 5.02 Å². The van der Waals surface area contributed by atoms with Crippen LogP contribution in [0.5, 0.6) is 0 Å². The number of nitrogens with zero attached hydrogens (tertiary/aromatic N) is 1. The van der Waals surface area contributed by atoms with Gasteiger partial charge in [0.2, 0.25) is 0 Å². The first kappa shape index (κ1) is 22.6. The van der Waals surface area contributed by atoms with Crippen LogP contribution < -0.4 is 10.6 Å². The standard InChI is InChI=1S/C21H15ClF3N3O2S/c1-12-9-14(27-20(30)28-18(29)16-7-2-3-8-17(16)22)11-26-19(12)31-15-6-4-5-13(10-15)21(23,24)25/h2-11H,1H3,(H2,27,28,29,30). The lowest BCUT2D eigenvalue weighted by molar-refractivity contribution is -0.137. The third kappa shape index (κ3) is 5.99. The van der Waals surface area contributed by atoms with Gasteiger partial charge in [-0.15, -0.1) is 0 Å². The van der Waals surface area contributed by atoms with Crippen molar-refractivity contribution in [3.8, 4) is 0 Å². The van der Waals surface area contributed by atoms with E-state index >= 15 is 0 Å². The van der Waals surface area contributed by atoms with Gasteiger partial charge in [0.25, 0.3) is 5.91 Å². The summed E-state index contributed by atoms with van der Waals surface area (Å²) in [5.41, 5.74) is 0.364. The fourth-order valence-electron chi connectivity index (χ4n) is 2.56. The number of aryl methyl sites for hydroxylation is 1. The summed E-state index contributed by atoms with van der Waals surface area (Å²) in [7, 11) is 0. The zero-order valence-electron chi connectivity index (χ0n) is 16.0. The maximum absolute atomic E-state index is 12.9. The molecule has 2 aromatic carbocycles. The Morgan fingerprint density at radius 1 is 1.06 bits per heavy atom. The fraction of sp³-hybridized carbons (Fsp3) is 0.0952. The van der Waals surface area contributed by atoms with Crippen molar-refractivity contribution in [2.75, 3.05) is 5.32 Å². The quantitative estimate of drug-likeness (QED) is 0.483. The molecule has 2 N–H and O–H groups in total. The minimum Gasteiger partial charge on any atom is -0.306 e. The second-order valence-corrected chi connectivity index (χ2v) is 7.83. The minimum atomic E-state index is -4.43. The van der Waals surface area contributed by atoms with Gasteiger partial charge in [-0.2, -0.15) is 13.2 Å².